The summed E-state index contributed by atoms with van der Waals surface area (Å²) in [4.78, 5) is 19.0. The van der Waals surface area contributed by atoms with Gasteiger partial charge in [0.15, 0.2) is 5.96 Å². The molecule has 0 spiro atoms. The van der Waals surface area contributed by atoms with Crippen LogP contribution in [-0.2, 0) is 6.54 Å². The number of carbonyl (C=O) groups excluding carboxylic acids is 1. The predicted molar refractivity (Wildman–Crippen MR) is 129 cm³/mol. The number of amides is 2. The third-order valence-corrected chi connectivity index (χ3v) is 5.05. The minimum absolute atomic E-state index is 0.102. The number of hydrogen-bond acceptors (Lipinski definition) is 3. The maximum absolute atomic E-state index is 11.8. The molecule has 3 rings (SSSR count). The SMILES string of the molecule is CCNC(=NCc1ccc(NC(=O)NC(C)C)cc1)NC1CCN(c2ccccc2)C1. The number of aliphatic imine (C=N–C) groups is 1. The summed E-state index contributed by atoms with van der Waals surface area (Å²) in [5, 5.41) is 12.6. The lowest BCUT2D eigenvalue weighted by atomic mass is 10.2. The van der Waals surface area contributed by atoms with Crippen LogP contribution in [0, 0.1) is 0 Å². The van der Waals surface area contributed by atoms with Gasteiger partial charge in [-0.3, -0.25) is 0 Å². The normalized spacial score (nSPS) is 16.3. The second kappa shape index (κ2) is 11.2. The van der Waals surface area contributed by atoms with Gasteiger partial charge < -0.3 is 26.2 Å². The van der Waals surface area contributed by atoms with E-state index in [9.17, 15) is 4.79 Å². The summed E-state index contributed by atoms with van der Waals surface area (Å²) in [6, 6.07) is 18.6. The molecule has 2 aromatic carbocycles. The number of nitrogens with zero attached hydrogens (tertiary/aromatic N) is 2. The maximum Gasteiger partial charge on any atom is 0.319 e. The number of nitrogens with one attached hydrogen (secondary N) is 4. The van der Waals surface area contributed by atoms with E-state index in [0.29, 0.717) is 12.6 Å². The Hall–Kier alpha value is -3.22. The largest absolute Gasteiger partial charge is 0.369 e. The van der Waals surface area contributed by atoms with Gasteiger partial charge in [-0.25, -0.2) is 9.79 Å². The van der Waals surface area contributed by atoms with Crippen molar-refractivity contribution in [2.24, 2.45) is 4.99 Å². The lowest BCUT2D eigenvalue weighted by Gasteiger charge is -2.20. The fourth-order valence-corrected chi connectivity index (χ4v) is 3.56. The Morgan fingerprint density at radius 2 is 1.87 bits per heavy atom. The number of anilines is 2. The van der Waals surface area contributed by atoms with Crippen LogP contribution in [0.2, 0.25) is 0 Å². The number of rotatable bonds is 7. The summed E-state index contributed by atoms with van der Waals surface area (Å²) < 4.78 is 0. The van der Waals surface area contributed by atoms with Crippen molar-refractivity contribution < 1.29 is 4.79 Å². The number of para-hydroxylation sites is 1. The number of hydrogen-bond donors (Lipinski definition) is 4. The summed E-state index contributed by atoms with van der Waals surface area (Å²) in [5.74, 6) is 0.834. The molecule has 2 aromatic rings. The predicted octanol–water partition coefficient (Wildman–Crippen LogP) is 3.55. The molecule has 1 atom stereocenters. The second-order valence-electron chi connectivity index (χ2n) is 8.06. The van der Waals surface area contributed by atoms with Crippen molar-refractivity contribution >= 4 is 23.4 Å². The molecule has 0 aromatic heterocycles. The number of benzene rings is 2. The van der Waals surface area contributed by atoms with Gasteiger partial charge in [0.2, 0.25) is 0 Å². The molecular weight excluding hydrogens is 388 g/mol. The zero-order valence-corrected chi connectivity index (χ0v) is 18.7. The molecule has 31 heavy (non-hydrogen) atoms. The molecule has 1 aliphatic rings. The Morgan fingerprint density at radius 1 is 1.13 bits per heavy atom. The highest BCUT2D eigenvalue weighted by atomic mass is 16.2. The van der Waals surface area contributed by atoms with Crippen LogP contribution in [0.3, 0.4) is 0 Å². The summed E-state index contributed by atoms with van der Waals surface area (Å²) >= 11 is 0. The summed E-state index contributed by atoms with van der Waals surface area (Å²) in [6.07, 6.45) is 1.08. The van der Waals surface area contributed by atoms with Gasteiger partial charge in [0.1, 0.15) is 0 Å². The van der Waals surface area contributed by atoms with Crippen molar-refractivity contribution in [3.05, 3.63) is 60.2 Å². The molecule has 0 radical (unpaired) electrons. The molecule has 4 N–H and O–H groups in total. The molecule has 1 aliphatic heterocycles. The first-order valence-corrected chi connectivity index (χ1v) is 11.0. The van der Waals surface area contributed by atoms with Gasteiger partial charge in [-0.1, -0.05) is 30.3 Å². The summed E-state index contributed by atoms with van der Waals surface area (Å²) in [6.45, 7) is 9.33. The molecule has 166 valence electrons. The third kappa shape index (κ3) is 7.20. The first-order valence-electron chi connectivity index (χ1n) is 11.0. The number of guanidine groups is 1. The lowest BCUT2D eigenvalue weighted by molar-refractivity contribution is 0.250. The monoisotopic (exact) mass is 422 g/mol. The highest BCUT2D eigenvalue weighted by Crippen LogP contribution is 2.19. The van der Waals surface area contributed by atoms with E-state index in [1.54, 1.807) is 0 Å². The quantitative estimate of drug-likeness (QED) is 0.406. The van der Waals surface area contributed by atoms with Crippen molar-refractivity contribution in [2.45, 2.75) is 45.8 Å². The van der Waals surface area contributed by atoms with Gasteiger partial charge in [-0.15, -0.1) is 0 Å². The Kier molecular flexibility index (Phi) is 8.15. The van der Waals surface area contributed by atoms with E-state index in [1.807, 2.05) is 44.2 Å². The Balaban J connectivity index is 1.53. The molecule has 7 nitrogen and oxygen atoms in total. The van der Waals surface area contributed by atoms with E-state index in [4.69, 9.17) is 4.99 Å². The molecule has 1 fully saturated rings. The van der Waals surface area contributed by atoms with Crippen molar-refractivity contribution in [1.82, 2.24) is 16.0 Å². The Morgan fingerprint density at radius 3 is 2.55 bits per heavy atom. The molecular formula is C24H34N6O. The fraction of sp³-hybridized carbons (Fsp3) is 0.417. The molecule has 1 heterocycles. The van der Waals surface area contributed by atoms with Crippen molar-refractivity contribution in [1.29, 1.82) is 0 Å². The Labute approximate surface area is 185 Å². The summed E-state index contributed by atoms with van der Waals surface area (Å²) in [7, 11) is 0. The van der Waals surface area contributed by atoms with Crippen molar-refractivity contribution in [2.75, 3.05) is 29.9 Å². The molecule has 1 saturated heterocycles. The zero-order valence-electron chi connectivity index (χ0n) is 18.7. The maximum atomic E-state index is 11.8. The first-order chi connectivity index (χ1) is 15.0. The highest BCUT2D eigenvalue weighted by Gasteiger charge is 2.23. The van der Waals surface area contributed by atoms with E-state index in [2.05, 4.69) is 57.4 Å². The standard InChI is InChI=1S/C24H34N6O/c1-4-25-23(28-21-14-15-30(17-21)22-8-6-5-7-9-22)26-16-19-10-12-20(13-11-19)29-24(31)27-18(2)3/h5-13,18,21H,4,14-17H2,1-3H3,(H2,25,26,28)(H2,27,29,31). The van der Waals surface area contributed by atoms with E-state index >= 15 is 0 Å². The van der Waals surface area contributed by atoms with Gasteiger partial charge in [-0.05, 0) is 57.0 Å². The van der Waals surface area contributed by atoms with Crippen LogP contribution in [0.5, 0.6) is 0 Å². The molecule has 0 saturated carbocycles. The minimum atomic E-state index is -0.194. The minimum Gasteiger partial charge on any atom is -0.369 e. The van der Waals surface area contributed by atoms with Gasteiger partial charge in [0, 0.05) is 43.1 Å². The molecule has 7 heteroatoms. The number of carbonyl (C=O) groups is 1. The third-order valence-electron chi connectivity index (χ3n) is 5.05. The van der Waals surface area contributed by atoms with Crippen molar-refractivity contribution in [3.8, 4) is 0 Å². The van der Waals surface area contributed by atoms with Gasteiger partial charge in [0.05, 0.1) is 6.54 Å². The topological polar surface area (TPSA) is 80.8 Å². The highest BCUT2D eigenvalue weighted by molar-refractivity contribution is 5.89. The Bertz CT molecular complexity index is 850. The first kappa shape index (κ1) is 22.5. The van der Waals surface area contributed by atoms with Gasteiger partial charge >= 0.3 is 6.03 Å². The van der Waals surface area contributed by atoms with Crippen molar-refractivity contribution in [3.63, 3.8) is 0 Å². The van der Waals surface area contributed by atoms with E-state index < -0.39 is 0 Å². The second-order valence-corrected chi connectivity index (χ2v) is 8.06. The number of urea groups is 1. The van der Waals surface area contributed by atoms with E-state index in [-0.39, 0.29) is 12.1 Å². The lowest BCUT2D eigenvalue weighted by Crippen LogP contribution is -2.44. The van der Waals surface area contributed by atoms with Crippen LogP contribution >= 0.6 is 0 Å². The average molecular weight is 423 g/mol. The molecule has 0 bridgehead atoms. The smallest absolute Gasteiger partial charge is 0.319 e. The molecule has 0 aliphatic carbocycles. The van der Waals surface area contributed by atoms with Crippen LogP contribution < -0.4 is 26.2 Å². The van der Waals surface area contributed by atoms with E-state index in [1.165, 1.54) is 5.69 Å². The van der Waals surface area contributed by atoms with E-state index in [0.717, 1.165) is 43.3 Å². The summed E-state index contributed by atoms with van der Waals surface area (Å²) in [5.41, 5.74) is 3.12. The van der Waals surface area contributed by atoms with Crippen LogP contribution in [0.4, 0.5) is 16.2 Å². The van der Waals surface area contributed by atoms with Crippen LogP contribution in [-0.4, -0.2) is 43.7 Å². The van der Waals surface area contributed by atoms with Gasteiger partial charge in [-0.2, -0.15) is 0 Å². The average Bonchev–Trinajstić information content (AvgIpc) is 3.22. The fourth-order valence-electron chi connectivity index (χ4n) is 3.56. The van der Waals surface area contributed by atoms with Crippen LogP contribution in [0.25, 0.3) is 0 Å². The van der Waals surface area contributed by atoms with Gasteiger partial charge in [0.25, 0.3) is 0 Å². The molecule has 1 unspecified atom stereocenters. The zero-order chi connectivity index (χ0) is 22.1. The van der Waals surface area contributed by atoms with Crippen LogP contribution in [0.1, 0.15) is 32.8 Å². The van der Waals surface area contributed by atoms with Crippen LogP contribution in [0.15, 0.2) is 59.6 Å². The molecule has 2 amide bonds.